The van der Waals surface area contributed by atoms with Gasteiger partial charge in [0, 0.05) is 29.1 Å². The Hall–Kier alpha value is -2.56. The van der Waals surface area contributed by atoms with Gasteiger partial charge >= 0.3 is 6.09 Å². The lowest BCUT2D eigenvalue weighted by atomic mass is 10.0. The zero-order valence-electron chi connectivity index (χ0n) is 10.4. The summed E-state index contributed by atoms with van der Waals surface area (Å²) in [6, 6.07) is 7.61. The number of benzene rings is 1. The van der Waals surface area contributed by atoms with Crippen LogP contribution in [0.15, 0.2) is 36.7 Å². The van der Waals surface area contributed by atoms with E-state index in [9.17, 15) is 10.0 Å². The third-order valence-corrected chi connectivity index (χ3v) is 3.15. The van der Waals surface area contributed by atoms with E-state index in [2.05, 4.69) is 4.74 Å². The molecular weight excluding hydrogens is 244 g/mol. The first-order chi connectivity index (χ1) is 9.19. The van der Waals surface area contributed by atoms with E-state index in [1.165, 1.54) is 11.7 Å². The summed E-state index contributed by atoms with van der Waals surface area (Å²) in [5, 5.41) is 11.8. The molecule has 0 saturated heterocycles. The zero-order chi connectivity index (χ0) is 13.4. The number of nitrogens with zero attached hydrogens (tertiary/aromatic N) is 2. The minimum atomic E-state index is -0.466. The first kappa shape index (κ1) is 11.5. The average molecular weight is 256 g/mol. The predicted molar refractivity (Wildman–Crippen MR) is 70.2 cm³/mol. The minimum absolute atomic E-state index is 0.216. The Morgan fingerprint density at radius 2 is 2.11 bits per heavy atom. The number of methoxy groups -OCH3 is 1. The maximum absolute atomic E-state index is 11.8. The number of hydroxylamine groups is 1. The fourth-order valence-electron chi connectivity index (χ4n) is 2.30. The van der Waals surface area contributed by atoms with E-state index in [4.69, 9.17) is 0 Å². The molecule has 0 amide bonds. The van der Waals surface area contributed by atoms with Crippen LogP contribution in [-0.4, -0.2) is 28.7 Å². The van der Waals surface area contributed by atoms with Gasteiger partial charge in [-0.15, -0.1) is 0 Å². The number of hydrogen-bond acceptors (Lipinski definition) is 3. The van der Waals surface area contributed by atoms with E-state index >= 15 is 0 Å². The molecule has 0 unspecified atom stereocenters. The Bertz CT molecular complexity index is 686. The van der Waals surface area contributed by atoms with Crippen molar-refractivity contribution in [2.24, 2.45) is 0 Å². The van der Waals surface area contributed by atoms with Gasteiger partial charge in [0.2, 0.25) is 0 Å². The summed E-state index contributed by atoms with van der Waals surface area (Å²) in [7, 11) is 1.33. The third kappa shape index (κ3) is 1.89. The quantitative estimate of drug-likeness (QED) is 0.536. The Morgan fingerprint density at radius 3 is 2.89 bits per heavy atom. The third-order valence-electron chi connectivity index (χ3n) is 3.15. The molecule has 0 atom stereocenters. The highest BCUT2D eigenvalue weighted by atomic mass is 16.5. The molecule has 0 aliphatic carbocycles. The topological polar surface area (TPSA) is 57.3 Å². The summed E-state index contributed by atoms with van der Waals surface area (Å²) in [4.78, 5) is 11.6. The van der Waals surface area contributed by atoms with Gasteiger partial charge in [0.15, 0.2) is 12.8 Å². The second-order valence-electron chi connectivity index (χ2n) is 4.37. The number of hydrogen-bond donors (Lipinski definition) is 0. The zero-order valence-corrected chi connectivity index (χ0v) is 10.4. The van der Waals surface area contributed by atoms with E-state index < -0.39 is 6.09 Å². The van der Waals surface area contributed by atoms with Gasteiger partial charge in [-0.1, -0.05) is 18.2 Å². The monoisotopic (exact) mass is 256 g/mol. The fourth-order valence-corrected chi connectivity index (χ4v) is 2.30. The lowest BCUT2D eigenvalue weighted by Gasteiger charge is -2.01. The van der Waals surface area contributed by atoms with Crippen LogP contribution in [0.1, 0.15) is 11.1 Å². The Labute approximate surface area is 109 Å². The molecular formula is C14H12N2O3. The Morgan fingerprint density at radius 1 is 1.32 bits per heavy atom. The Balaban J connectivity index is 2.21. The molecule has 5 heteroatoms. The first-order valence-electron chi connectivity index (χ1n) is 5.86. The number of carbonyl (C=O) groups excluding carboxylic acids is 1. The SMILES string of the molecule is COC(=O)n1cc2c(c1)-c1ccccc1C=[N+]([O-])C2. The smallest absolute Gasteiger partial charge is 0.417 e. The molecule has 1 aromatic heterocycles. The molecule has 0 radical (unpaired) electrons. The van der Waals surface area contributed by atoms with Gasteiger partial charge in [-0.3, -0.25) is 4.57 Å². The van der Waals surface area contributed by atoms with E-state index in [1.54, 1.807) is 18.6 Å². The molecule has 5 nitrogen and oxygen atoms in total. The lowest BCUT2D eigenvalue weighted by Crippen LogP contribution is -2.09. The van der Waals surface area contributed by atoms with Crippen LogP contribution in [0.4, 0.5) is 4.79 Å². The summed E-state index contributed by atoms with van der Waals surface area (Å²) in [6.45, 7) is 0.216. The highest BCUT2D eigenvalue weighted by molar-refractivity contribution is 5.90. The van der Waals surface area contributed by atoms with Crippen molar-refractivity contribution in [2.75, 3.05) is 7.11 Å². The molecule has 0 saturated carbocycles. The summed E-state index contributed by atoms with van der Waals surface area (Å²) < 4.78 is 6.91. The molecule has 1 aliphatic rings. The van der Waals surface area contributed by atoms with E-state index in [1.807, 2.05) is 24.3 Å². The van der Waals surface area contributed by atoms with Crippen LogP contribution in [0.2, 0.25) is 0 Å². The van der Waals surface area contributed by atoms with Crippen LogP contribution in [0.3, 0.4) is 0 Å². The van der Waals surface area contributed by atoms with Gasteiger partial charge in [-0.25, -0.2) is 9.53 Å². The summed E-state index contributed by atoms with van der Waals surface area (Å²) in [5.41, 5.74) is 3.48. The summed E-state index contributed by atoms with van der Waals surface area (Å²) in [6.07, 6.45) is 4.44. The number of rotatable bonds is 0. The predicted octanol–water partition coefficient (Wildman–Crippen LogP) is 2.21. The van der Waals surface area contributed by atoms with Gasteiger partial charge in [0.05, 0.1) is 7.11 Å². The molecule has 1 aromatic carbocycles. The number of fused-ring (bicyclic) bond motifs is 3. The molecule has 0 spiro atoms. The van der Waals surface area contributed by atoms with Crippen LogP contribution in [0, 0.1) is 5.21 Å². The van der Waals surface area contributed by atoms with Gasteiger partial charge in [0.25, 0.3) is 0 Å². The van der Waals surface area contributed by atoms with Crippen molar-refractivity contribution in [3.63, 3.8) is 0 Å². The summed E-state index contributed by atoms with van der Waals surface area (Å²) in [5.74, 6) is 0. The van der Waals surface area contributed by atoms with Crippen LogP contribution in [0.5, 0.6) is 0 Å². The molecule has 0 N–H and O–H groups in total. The minimum Gasteiger partial charge on any atom is -0.624 e. The lowest BCUT2D eigenvalue weighted by molar-refractivity contribution is -0.469. The molecule has 0 bridgehead atoms. The molecule has 19 heavy (non-hydrogen) atoms. The number of ether oxygens (including phenoxy) is 1. The van der Waals surface area contributed by atoms with Crippen molar-refractivity contribution in [1.82, 2.24) is 4.57 Å². The highest BCUT2D eigenvalue weighted by Crippen LogP contribution is 2.29. The van der Waals surface area contributed by atoms with Crippen LogP contribution in [-0.2, 0) is 11.3 Å². The van der Waals surface area contributed by atoms with Crippen molar-refractivity contribution in [3.8, 4) is 11.1 Å². The van der Waals surface area contributed by atoms with Crippen LogP contribution >= 0.6 is 0 Å². The van der Waals surface area contributed by atoms with E-state index in [0.717, 1.165) is 27.0 Å². The second kappa shape index (κ2) is 4.28. The van der Waals surface area contributed by atoms with Crippen molar-refractivity contribution in [2.45, 2.75) is 6.54 Å². The van der Waals surface area contributed by atoms with E-state index in [0.29, 0.717) is 0 Å². The fraction of sp³-hybridized carbons (Fsp3) is 0.143. The number of carbonyl (C=O) groups is 1. The molecule has 96 valence electrons. The van der Waals surface area contributed by atoms with Gasteiger partial charge in [0.1, 0.15) is 0 Å². The van der Waals surface area contributed by atoms with Crippen LogP contribution < -0.4 is 0 Å². The van der Waals surface area contributed by atoms with Crippen molar-refractivity contribution in [1.29, 1.82) is 0 Å². The standard InChI is InChI=1S/C14H12N2O3/c1-19-14(17)15-6-11-8-16(18)7-10-4-2-3-5-12(10)13(11)9-15/h2-7,9H,8H2,1H3. The van der Waals surface area contributed by atoms with Gasteiger partial charge in [-0.05, 0) is 11.6 Å². The molecule has 3 rings (SSSR count). The van der Waals surface area contributed by atoms with Crippen molar-refractivity contribution in [3.05, 3.63) is 53.0 Å². The van der Waals surface area contributed by atoms with Crippen LogP contribution in [0.25, 0.3) is 11.1 Å². The van der Waals surface area contributed by atoms with Crippen molar-refractivity contribution < 1.29 is 14.3 Å². The Kier molecular flexibility index (Phi) is 2.59. The summed E-state index contributed by atoms with van der Waals surface area (Å²) >= 11 is 0. The first-order valence-corrected chi connectivity index (χ1v) is 5.86. The largest absolute Gasteiger partial charge is 0.624 e. The van der Waals surface area contributed by atoms with E-state index in [-0.39, 0.29) is 6.54 Å². The maximum Gasteiger partial charge on any atom is 0.417 e. The number of aromatic nitrogens is 1. The average Bonchev–Trinajstić information content (AvgIpc) is 2.76. The molecule has 2 aromatic rings. The van der Waals surface area contributed by atoms with Gasteiger partial charge in [-0.2, -0.15) is 0 Å². The highest BCUT2D eigenvalue weighted by Gasteiger charge is 2.20. The van der Waals surface area contributed by atoms with Crippen molar-refractivity contribution >= 4 is 12.3 Å². The second-order valence-corrected chi connectivity index (χ2v) is 4.37. The molecule has 1 aliphatic heterocycles. The maximum atomic E-state index is 11.8. The normalized spacial score (nSPS) is 13.0. The molecule has 2 heterocycles. The van der Waals surface area contributed by atoms with Gasteiger partial charge < -0.3 is 9.94 Å². The molecule has 0 fully saturated rings.